The van der Waals surface area contributed by atoms with Crippen LogP contribution in [0.5, 0.6) is 0 Å². The topological polar surface area (TPSA) is 78.1 Å². The van der Waals surface area contributed by atoms with Crippen molar-refractivity contribution in [2.45, 2.75) is 40.0 Å². The minimum atomic E-state index is -0.117. The number of benzene rings is 1. The van der Waals surface area contributed by atoms with Crippen LogP contribution in [-0.4, -0.2) is 35.5 Å². The molecule has 1 aromatic carbocycles. The van der Waals surface area contributed by atoms with E-state index in [2.05, 4.69) is 48.1 Å². The van der Waals surface area contributed by atoms with Crippen molar-refractivity contribution in [3.63, 3.8) is 0 Å². The number of aromatic nitrogens is 2. The van der Waals surface area contributed by atoms with Crippen LogP contribution < -0.4 is 15.8 Å². The lowest BCUT2D eigenvalue weighted by atomic mass is 9.97. The number of hydrogen-bond donors (Lipinski definition) is 2. The Morgan fingerprint density at radius 2 is 2.13 bits per heavy atom. The van der Waals surface area contributed by atoms with Gasteiger partial charge in [-0.15, -0.1) is 11.3 Å². The highest BCUT2D eigenvalue weighted by atomic mass is 32.1. The van der Waals surface area contributed by atoms with Crippen molar-refractivity contribution in [1.82, 2.24) is 15.3 Å². The number of carbonyl (C=O) groups excluding carboxylic acids is 1. The number of piperidine rings is 1. The molecular formula is C24H30N4O2S. The van der Waals surface area contributed by atoms with Gasteiger partial charge in [0.25, 0.3) is 5.56 Å². The fraction of sp³-hybridized carbons (Fsp3) is 0.458. The first-order valence-electron chi connectivity index (χ1n) is 11.0. The predicted molar refractivity (Wildman–Crippen MR) is 128 cm³/mol. The number of aryl methyl sites for hydroxylation is 1. The van der Waals surface area contributed by atoms with Gasteiger partial charge in [0.2, 0.25) is 11.9 Å². The molecule has 3 heterocycles. The highest BCUT2D eigenvalue weighted by molar-refractivity contribution is 7.17. The molecule has 6 nitrogen and oxygen atoms in total. The number of rotatable bonds is 6. The SMILES string of the molecule is Cc1ccccc1-c1csc2c(=O)[nH]c(N3CCC[C@H](C(=O)NCCC(C)C)C3)nc12. The van der Waals surface area contributed by atoms with E-state index in [1.54, 1.807) is 0 Å². The highest BCUT2D eigenvalue weighted by Gasteiger charge is 2.27. The molecule has 0 saturated carbocycles. The summed E-state index contributed by atoms with van der Waals surface area (Å²) >= 11 is 1.43. The molecule has 2 aromatic heterocycles. The number of nitrogens with zero attached hydrogens (tertiary/aromatic N) is 2. The van der Waals surface area contributed by atoms with Gasteiger partial charge in [-0.2, -0.15) is 0 Å². The third-order valence-corrected chi connectivity index (χ3v) is 6.93. The highest BCUT2D eigenvalue weighted by Crippen LogP contribution is 2.33. The molecule has 4 rings (SSSR count). The number of carbonyl (C=O) groups is 1. The van der Waals surface area contributed by atoms with Gasteiger partial charge in [-0.25, -0.2) is 4.98 Å². The molecule has 164 valence electrons. The number of nitrogens with one attached hydrogen (secondary N) is 2. The molecule has 1 aliphatic heterocycles. The lowest BCUT2D eigenvalue weighted by Gasteiger charge is -2.32. The molecule has 0 radical (unpaired) electrons. The summed E-state index contributed by atoms with van der Waals surface area (Å²) in [5, 5.41) is 5.09. The van der Waals surface area contributed by atoms with Gasteiger partial charge >= 0.3 is 0 Å². The number of amides is 1. The summed E-state index contributed by atoms with van der Waals surface area (Å²) in [6, 6.07) is 8.16. The molecule has 1 aliphatic rings. The molecule has 2 N–H and O–H groups in total. The monoisotopic (exact) mass is 438 g/mol. The van der Waals surface area contributed by atoms with Crippen LogP contribution in [0.15, 0.2) is 34.4 Å². The fourth-order valence-electron chi connectivity index (χ4n) is 4.14. The maximum Gasteiger partial charge on any atom is 0.270 e. The summed E-state index contributed by atoms with van der Waals surface area (Å²) in [5.41, 5.74) is 3.86. The quantitative estimate of drug-likeness (QED) is 0.600. The smallest absolute Gasteiger partial charge is 0.270 e. The van der Waals surface area contributed by atoms with Gasteiger partial charge in [-0.3, -0.25) is 14.6 Å². The summed E-state index contributed by atoms with van der Waals surface area (Å²) in [7, 11) is 0. The van der Waals surface area contributed by atoms with Crippen LogP contribution in [0.1, 0.15) is 38.7 Å². The second kappa shape index (κ2) is 9.22. The molecule has 0 unspecified atom stereocenters. The Kier molecular flexibility index (Phi) is 6.41. The summed E-state index contributed by atoms with van der Waals surface area (Å²) in [6.07, 6.45) is 2.75. The van der Waals surface area contributed by atoms with Crippen molar-refractivity contribution < 1.29 is 4.79 Å². The first-order chi connectivity index (χ1) is 14.9. The van der Waals surface area contributed by atoms with E-state index in [0.29, 0.717) is 29.7 Å². The van der Waals surface area contributed by atoms with Crippen LogP contribution in [0.3, 0.4) is 0 Å². The Bertz CT molecular complexity index is 1130. The molecule has 3 aromatic rings. The number of anilines is 1. The van der Waals surface area contributed by atoms with Gasteiger partial charge in [0.1, 0.15) is 4.70 Å². The molecule has 1 amide bonds. The van der Waals surface area contributed by atoms with Crippen molar-refractivity contribution in [2.75, 3.05) is 24.5 Å². The molecule has 1 atom stereocenters. The van der Waals surface area contributed by atoms with E-state index in [9.17, 15) is 9.59 Å². The molecular weight excluding hydrogens is 408 g/mol. The standard InChI is InChI=1S/C24H30N4O2S/c1-15(2)10-11-25-22(29)17-8-6-12-28(13-17)24-26-20-19(14-31-21(20)23(30)27-24)18-9-5-4-7-16(18)3/h4-5,7,9,14-15,17H,6,8,10-13H2,1-3H3,(H,25,29)(H,26,27,30)/t17-/m0/s1. The maximum absolute atomic E-state index is 12.8. The van der Waals surface area contributed by atoms with E-state index in [1.807, 2.05) is 17.5 Å². The van der Waals surface area contributed by atoms with Crippen LogP contribution in [-0.2, 0) is 4.79 Å². The normalized spacial score (nSPS) is 16.8. The molecule has 0 aliphatic carbocycles. The van der Waals surface area contributed by atoms with E-state index >= 15 is 0 Å². The zero-order chi connectivity index (χ0) is 22.0. The largest absolute Gasteiger partial charge is 0.356 e. The first kappa shape index (κ1) is 21.6. The molecule has 0 bridgehead atoms. The van der Waals surface area contributed by atoms with Crippen molar-refractivity contribution in [3.8, 4) is 11.1 Å². The second-order valence-electron chi connectivity index (χ2n) is 8.79. The molecule has 31 heavy (non-hydrogen) atoms. The lowest BCUT2D eigenvalue weighted by Crippen LogP contribution is -2.44. The average molecular weight is 439 g/mol. The summed E-state index contributed by atoms with van der Waals surface area (Å²) in [5.74, 6) is 1.15. The Balaban J connectivity index is 1.59. The minimum absolute atomic E-state index is 0.0831. The van der Waals surface area contributed by atoms with E-state index in [-0.39, 0.29) is 17.4 Å². The van der Waals surface area contributed by atoms with Crippen molar-refractivity contribution in [3.05, 3.63) is 45.6 Å². The van der Waals surface area contributed by atoms with E-state index in [4.69, 9.17) is 4.98 Å². The number of hydrogen-bond acceptors (Lipinski definition) is 5. The van der Waals surface area contributed by atoms with Crippen LogP contribution >= 0.6 is 11.3 Å². The van der Waals surface area contributed by atoms with Crippen molar-refractivity contribution >= 4 is 33.4 Å². The van der Waals surface area contributed by atoms with Gasteiger partial charge in [-0.05, 0) is 43.2 Å². The maximum atomic E-state index is 12.8. The second-order valence-corrected chi connectivity index (χ2v) is 9.67. The number of fused-ring (bicyclic) bond motifs is 1. The van der Waals surface area contributed by atoms with E-state index in [0.717, 1.165) is 48.0 Å². The third kappa shape index (κ3) is 4.66. The van der Waals surface area contributed by atoms with Crippen LogP contribution in [0, 0.1) is 18.8 Å². The predicted octanol–water partition coefficient (Wildman–Crippen LogP) is 4.34. The van der Waals surface area contributed by atoms with E-state index < -0.39 is 0 Å². The Morgan fingerprint density at radius 3 is 2.90 bits per heavy atom. The van der Waals surface area contributed by atoms with Gasteiger partial charge in [0.15, 0.2) is 0 Å². The third-order valence-electron chi connectivity index (χ3n) is 5.96. The van der Waals surface area contributed by atoms with Crippen LogP contribution in [0.4, 0.5) is 5.95 Å². The molecule has 1 saturated heterocycles. The lowest BCUT2D eigenvalue weighted by molar-refractivity contribution is -0.125. The Hall–Kier alpha value is -2.67. The molecule has 1 fully saturated rings. The summed E-state index contributed by atoms with van der Waals surface area (Å²) < 4.78 is 0.641. The Morgan fingerprint density at radius 1 is 1.32 bits per heavy atom. The summed E-state index contributed by atoms with van der Waals surface area (Å²) in [4.78, 5) is 35.3. The van der Waals surface area contributed by atoms with Crippen LogP contribution in [0.25, 0.3) is 21.3 Å². The average Bonchev–Trinajstić information content (AvgIpc) is 3.18. The zero-order valence-electron chi connectivity index (χ0n) is 18.4. The fourth-order valence-corrected chi connectivity index (χ4v) is 5.04. The van der Waals surface area contributed by atoms with Crippen molar-refractivity contribution in [1.29, 1.82) is 0 Å². The first-order valence-corrected chi connectivity index (χ1v) is 11.9. The Labute approximate surface area is 186 Å². The summed E-state index contributed by atoms with van der Waals surface area (Å²) in [6.45, 7) is 8.45. The number of thiophene rings is 1. The number of H-pyrrole nitrogens is 1. The van der Waals surface area contributed by atoms with Gasteiger partial charge in [0, 0.05) is 30.6 Å². The molecule has 7 heteroatoms. The molecule has 0 spiro atoms. The van der Waals surface area contributed by atoms with Crippen LogP contribution in [0.2, 0.25) is 0 Å². The van der Waals surface area contributed by atoms with Gasteiger partial charge in [-0.1, -0.05) is 38.1 Å². The van der Waals surface area contributed by atoms with Crippen molar-refractivity contribution in [2.24, 2.45) is 11.8 Å². The van der Waals surface area contributed by atoms with E-state index in [1.165, 1.54) is 11.3 Å². The minimum Gasteiger partial charge on any atom is -0.356 e. The van der Waals surface area contributed by atoms with Gasteiger partial charge in [0.05, 0.1) is 11.4 Å². The van der Waals surface area contributed by atoms with Gasteiger partial charge < -0.3 is 10.2 Å². The number of aromatic amines is 1. The zero-order valence-corrected chi connectivity index (χ0v) is 19.2.